The summed E-state index contributed by atoms with van der Waals surface area (Å²) in [5.41, 5.74) is -1.86. The third-order valence-electron chi connectivity index (χ3n) is 4.40. The first-order valence-electron chi connectivity index (χ1n) is 8.24. The van der Waals surface area contributed by atoms with Crippen molar-refractivity contribution in [1.82, 2.24) is 10.2 Å². The molecule has 8 heteroatoms. The molecule has 0 radical (unpaired) electrons. The second kappa shape index (κ2) is 6.67. The maximum absolute atomic E-state index is 12.7. The summed E-state index contributed by atoms with van der Waals surface area (Å²) in [4.78, 5) is 38.3. The number of carbonyl (C=O) groups excluding carboxylic acids is 3. The summed E-state index contributed by atoms with van der Waals surface area (Å²) in [5.74, 6) is -1.28. The molecule has 1 aliphatic heterocycles. The van der Waals surface area contributed by atoms with E-state index in [1.807, 2.05) is 0 Å². The molecule has 140 valence electrons. The average Bonchev–Trinajstić information content (AvgIpc) is 3.07. The second-order valence-corrected chi connectivity index (χ2v) is 7.54. The molecule has 2 amide bonds. The normalized spacial score (nSPS) is 31.2. The molecule has 0 aromatic carbocycles. The van der Waals surface area contributed by atoms with Gasteiger partial charge in [-0.05, 0) is 27.2 Å². The highest BCUT2D eigenvalue weighted by Crippen LogP contribution is 2.45. The molecule has 1 saturated heterocycles. The predicted octanol–water partition coefficient (Wildman–Crippen LogP) is 0.591. The molecule has 0 unspecified atom stereocenters. The summed E-state index contributed by atoms with van der Waals surface area (Å²) in [5, 5.41) is 12.6. The van der Waals surface area contributed by atoms with Crippen LogP contribution in [-0.4, -0.2) is 64.9 Å². The molecule has 8 nitrogen and oxygen atoms in total. The number of methoxy groups -OCH3 is 1. The molecule has 1 heterocycles. The van der Waals surface area contributed by atoms with Crippen LogP contribution in [0.15, 0.2) is 12.7 Å². The van der Waals surface area contributed by atoms with Crippen molar-refractivity contribution in [1.29, 1.82) is 0 Å². The summed E-state index contributed by atoms with van der Waals surface area (Å²) in [6, 6.07) is -0.905. The highest BCUT2D eigenvalue weighted by Gasteiger charge is 2.61. The number of nitrogens with zero attached hydrogens (tertiary/aromatic N) is 1. The van der Waals surface area contributed by atoms with Gasteiger partial charge in [0.05, 0.1) is 19.8 Å². The number of amides is 2. The topological polar surface area (TPSA) is 105 Å². The van der Waals surface area contributed by atoms with Crippen LogP contribution in [0.25, 0.3) is 0 Å². The molecule has 0 spiro atoms. The van der Waals surface area contributed by atoms with E-state index in [0.29, 0.717) is 6.42 Å². The Bertz CT molecular complexity index is 584. The Balaban J connectivity index is 2.12. The van der Waals surface area contributed by atoms with Crippen LogP contribution >= 0.6 is 0 Å². The van der Waals surface area contributed by atoms with Gasteiger partial charge in [0.1, 0.15) is 17.2 Å². The lowest BCUT2D eigenvalue weighted by atomic mass is 10.1. The zero-order chi connectivity index (χ0) is 19.0. The van der Waals surface area contributed by atoms with Crippen LogP contribution in [0.1, 0.15) is 33.6 Å². The van der Waals surface area contributed by atoms with Crippen molar-refractivity contribution in [2.75, 3.05) is 13.7 Å². The van der Waals surface area contributed by atoms with Gasteiger partial charge in [-0.25, -0.2) is 9.59 Å². The van der Waals surface area contributed by atoms with E-state index in [4.69, 9.17) is 9.47 Å². The van der Waals surface area contributed by atoms with E-state index < -0.39 is 41.3 Å². The van der Waals surface area contributed by atoms with Gasteiger partial charge in [-0.3, -0.25) is 9.69 Å². The second-order valence-electron chi connectivity index (χ2n) is 7.54. The van der Waals surface area contributed by atoms with Crippen LogP contribution in [0.2, 0.25) is 0 Å². The minimum Gasteiger partial charge on any atom is -0.467 e. The largest absolute Gasteiger partial charge is 0.467 e. The number of hydrogen-bond donors (Lipinski definition) is 2. The Morgan fingerprint density at radius 3 is 2.48 bits per heavy atom. The van der Waals surface area contributed by atoms with E-state index in [2.05, 4.69) is 11.9 Å². The molecular formula is C17H26N2O6. The van der Waals surface area contributed by atoms with Gasteiger partial charge in [-0.1, -0.05) is 6.08 Å². The number of rotatable bonds is 4. The standard InChI is InChI=1S/C17H26N2O6/c1-6-10-8-17(10,14(22)24-5)18-13(21)12-7-11(20)9-19(12)15(23)25-16(2,3)4/h6,10-12,20H,1,7-9H2,2-5H3,(H,18,21)/t10-,11+,12+,17-/m1/s1. The molecule has 1 saturated carbocycles. The van der Waals surface area contributed by atoms with E-state index >= 15 is 0 Å². The van der Waals surface area contributed by atoms with Crippen LogP contribution in [-0.2, 0) is 19.1 Å². The molecule has 25 heavy (non-hydrogen) atoms. The molecule has 1 aliphatic carbocycles. The van der Waals surface area contributed by atoms with Crippen molar-refractivity contribution in [3.63, 3.8) is 0 Å². The van der Waals surface area contributed by atoms with Gasteiger partial charge in [0.2, 0.25) is 5.91 Å². The molecular weight excluding hydrogens is 328 g/mol. The van der Waals surface area contributed by atoms with Crippen molar-refractivity contribution in [3.05, 3.63) is 12.7 Å². The van der Waals surface area contributed by atoms with Crippen molar-refractivity contribution in [3.8, 4) is 0 Å². The van der Waals surface area contributed by atoms with Gasteiger partial charge in [-0.2, -0.15) is 0 Å². The molecule has 0 aromatic rings. The first-order valence-corrected chi connectivity index (χ1v) is 8.24. The van der Waals surface area contributed by atoms with E-state index in [0.717, 1.165) is 0 Å². The number of ether oxygens (including phenoxy) is 2. The minimum absolute atomic E-state index is 0.00309. The number of likely N-dealkylation sites (tertiary alicyclic amines) is 1. The number of carbonyl (C=O) groups is 3. The monoisotopic (exact) mass is 354 g/mol. The Labute approximate surface area is 147 Å². The lowest BCUT2D eigenvalue weighted by Gasteiger charge is -2.28. The van der Waals surface area contributed by atoms with E-state index in [1.165, 1.54) is 12.0 Å². The number of aliphatic hydroxyl groups excluding tert-OH is 1. The maximum Gasteiger partial charge on any atom is 0.411 e. The Hall–Kier alpha value is -2.09. The summed E-state index contributed by atoms with van der Waals surface area (Å²) < 4.78 is 10.1. The van der Waals surface area contributed by atoms with Crippen LogP contribution < -0.4 is 5.32 Å². The van der Waals surface area contributed by atoms with Gasteiger partial charge < -0.3 is 19.9 Å². The lowest BCUT2D eigenvalue weighted by molar-refractivity contribution is -0.147. The average molecular weight is 354 g/mol. The van der Waals surface area contributed by atoms with Gasteiger partial charge in [0.15, 0.2) is 0 Å². The van der Waals surface area contributed by atoms with Crippen molar-refractivity contribution in [2.45, 2.75) is 56.9 Å². The number of hydrogen-bond acceptors (Lipinski definition) is 6. The van der Waals surface area contributed by atoms with Crippen molar-refractivity contribution in [2.24, 2.45) is 5.92 Å². The fourth-order valence-electron chi connectivity index (χ4n) is 3.07. The molecule has 4 atom stereocenters. The van der Waals surface area contributed by atoms with Gasteiger partial charge in [-0.15, -0.1) is 6.58 Å². The minimum atomic E-state index is -1.14. The number of esters is 1. The Morgan fingerprint density at radius 2 is 2.00 bits per heavy atom. The quantitative estimate of drug-likeness (QED) is 0.565. The first-order chi connectivity index (χ1) is 11.5. The Kier molecular flexibility index (Phi) is 5.13. The van der Waals surface area contributed by atoms with Gasteiger partial charge >= 0.3 is 12.1 Å². The number of β-amino-alcohol motifs (C(OH)–C–C–N with tert-alkyl or cyclic N) is 1. The van der Waals surface area contributed by atoms with Crippen LogP contribution in [0.3, 0.4) is 0 Å². The molecule has 0 bridgehead atoms. The zero-order valence-corrected chi connectivity index (χ0v) is 15.1. The fraction of sp³-hybridized carbons (Fsp3) is 0.706. The first kappa shape index (κ1) is 19.2. The molecule has 2 fully saturated rings. The molecule has 2 aliphatic rings. The van der Waals surface area contributed by atoms with E-state index in [1.54, 1.807) is 26.8 Å². The summed E-state index contributed by atoms with van der Waals surface area (Å²) in [6.07, 6.45) is 0.573. The van der Waals surface area contributed by atoms with Crippen molar-refractivity contribution >= 4 is 18.0 Å². The van der Waals surface area contributed by atoms with Gasteiger partial charge in [0.25, 0.3) is 0 Å². The summed E-state index contributed by atoms with van der Waals surface area (Å²) >= 11 is 0. The Morgan fingerprint density at radius 1 is 1.36 bits per heavy atom. The fourth-order valence-corrected chi connectivity index (χ4v) is 3.07. The number of nitrogens with one attached hydrogen (secondary N) is 1. The summed E-state index contributed by atoms with van der Waals surface area (Å²) in [6.45, 7) is 8.81. The third-order valence-corrected chi connectivity index (χ3v) is 4.40. The SMILES string of the molecule is C=C[C@@H]1C[C@]1(NC(=O)[C@@H]1C[C@H](O)CN1C(=O)OC(C)(C)C)C(=O)OC. The van der Waals surface area contributed by atoms with Crippen molar-refractivity contribution < 1.29 is 29.0 Å². The van der Waals surface area contributed by atoms with E-state index in [9.17, 15) is 19.5 Å². The van der Waals surface area contributed by atoms with Crippen LogP contribution in [0, 0.1) is 5.92 Å². The zero-order valence-electron chi connectivity index (χ0n) is 15.1. The van der Waals surface area contributed by atoms with E-state index in [-0.39, 0.29) is 18.9 Å². The van der Waals surface area contributed by atoms with Crippen LogP contribution in [0.4, 0.5) is 4.79 Å². The highest BCUT2D eigenvalue weighted by atomic mass is 16.6. The molecule has 2 N–H and O–H groups in total. The lowest BCUT2D eigenvalue weighted by Crippen LogP contribution is -2.53. The predicted molar refractivity (Wildman–Crippen MR) is 88.5 cm³/mol. The maximum atomic E-state index is 12.7. The number of aliphatic hydroxyl groups is 1. The summed E-state index contributed by atoms with van der Waals surface area (Å²) in [7, 11) is 1.25. The highest BCUT2D eigenvalue weighted by molar-refractivity contribution is 5.94. The molecule has 2 rings (SSSR count). The smallest absolute Gasteiger partial charge is 0.411 e. The molecule has 0 aromatic heterocycles. The van der Waals surface area contributed by atoms with Gasteiger partial charge in [0, 0.05) is 12.3 Å². The van der Waals surface area contributed by atoms with Crippen LogP contribution in [0.5, 0.6) is 0 Å². The third kappa shape index (κ3) is 3.95.